The van der Waals surface area contributed by atoms with Gasteiger partial charge in [-0.15, -0.1) is 22.7 Å². The van der Waals surface area contributed by atoms with Crippen LogP contribution < -0.4 is 15.9 Å². The van der Waals surface area contributed by atoms with Crippen molar-refractivity contribution < 1.29 is 4.57 Å². The number of rotatable bonds is 6. The number of hydrogen-bond donors (Lipinski definition) is 0. The summed E-state index contributed by atoms with van der Waals surface area (Å²) in [5, 5.41) is 14.2. The van der Waals surface area contributed by atoms with Crippen LogP contribution in [0.2, 0.25) is 0 Å². The minimum Gasteiger partial charge on any atom is -0.309 e. The number of hydrogen-bond acceptors (Lipinski definition) is 3. The van der Waals surface area contributed by atoms with Gasteiger partial charge in [-0.3, -0.25) is 0 Å². The highest BCUT2D eigenvalue weighted by Gasteiger charge is 2.30. The molecule has 13 rings (SSSR count). The van der Waals surface area contributed by atoms with E-state index in [1.165, 1.54) is 58.3 Å². The maximum Gasteiger partial charge on any atom is 0.171 e. The average Bonchev–Trinajstić information content (AvgIpc) is 4.16. The van der Waals surface area contributed by atoms with Crippen molar-refractivity contribution in [3.8, 4) is 17.1 Å². The molecule has 8 aromatic carbocycles. The van der Waals surface area contributed by atoms with E-state index in [2.05, 4.69) is 158 Å². The molecule has 4 nitrogen and oxygen atoms in total. The monoisotopic (exact) mass is 835 g/mol. The molecule has 288 valence electrons. The van der Waals surface area contributed by atoms with Crippen molar-refractivity contribution in [2.24, 2.45) is 0 Å². The van der Waals surface area contributed by atoms with Crippen LogP contribution >= 0.6 is 29.8 Å². The number of fused-ring (bicyclic) bond motifs is 10. The maximum atomic E-state index is 15.4. The van der Waals surface area contributed by atoms with Gasteiger partial charge in [0.25, 0.3) is 0 Å². The Bertz CT molecular complexity index is 3780. The molecule has 0 fully saturated rings. The molecular weight excluding hydrogens is 802 g/mol. The molecule has 0 atom stereocenters. The van der Waals surface area contributed by atoms with Crippen molar-refractivity contribution in [1.82, 2.24) is 13.7 Å². The lowest BCUT2D eigenvalue weighted by Gasteiger charge is -2.20. The van der Waals surface area contributed by atoms with E-state index in [1.807, 2.05) is 60.7 Å². The van der Waals surface area contributed by atoms with Crippen LogP contribution in [-0.2, 0) is 4.57 Å². The third-order valence-corrected chi connectivity index (χ3v) is 17.3. The van der Waals surface area contributed by atoms with Crippen LogP contribution in [0.5, 0.6) is 0 Å². The lowest BCUT2D eigenvalue weighted by atomic mass is 10.2. The molecule has 0 aliphatic carbocycles. The van der Waals surface area contributed by atoms with Crippen LogP contribution in [0.4, 0.5) is 0 Å². The molecule has 13 aromatic rings. The van der Waals surface area contributed by atoms with Gasteiger partial charge in [-0.25, -0.2) is 0 Å². The zero-order valence-electron chi connectivity index (χ0n) is 32.6. The van der Waals surface area contributed by atoms with Gasteiger partial charge in [0.1, 0.15) is 0 Å². The Hall–Kier alpha value is -6.95. The molecule has 0 aliphatic heterocycles. The fourth-order valence-electron chi connectivity index (χ4n) is 9.72. The van der Waals surface area contributed by atoms with Crippen LogP contribution in [0.3, 0.4) is 0 Å². The first-order valence-electron chi connectivity index (χ1n) is 20.4. The molecule has 0 saturated carbocycles. The summed E-state index contributed by atoms with van der Waals surface area (Å²) >= 11 is 3.56. The first-order valence-corrected chi connectivity index (χ1v) is 23.9. The molecule has 7 heteroatoms. The van der Waals surface area contributed by atoms with E-state index in [0.717, 1.165) is 49.5 Å². The van der Waals surface area contributed by atoms with E-state index in [4.69, 9.17) is 0 Å². The molecule has 0 unspecified atom stereocenters. The molecule has 5 heterocycles. The Morgan fingerprint density at radius 3 is 1.21 bits per heavy atom. The second-order valence-electron chi connectivity index (χ2n) is 15.7. The normalized spacial score (nSPS) is 12.3. The lowest BCUT2D eigenvalue weighted by Crippen LogP contribution is -2.24. The van der Waals surface area contributed by atoms with Crippen LogP contribution in [0, 0.1) is 0 Å². The predicted octanol–water partition coefficient (Wildman–Crippen LogP) is 13.9. The fourth-order valence-corrected chi connectivity index (χ4v) is 14.0. The summed E-state index contributed by atoms with van der Waals surface area (Å²) in [5.41, 5.74) is 10.3. The van der Waals surface area contributed by atoms with Crippen LogP contribution in [0.15, 0.2) is 205 Å². The summed E-state index contributed by atoms with van der Waals surface area (Å²) in [5.74, 6) is 0. The standard InChI is InChI=1S/C54H34N3OPS2/c58-59(40-11-3-1-4-12-40,41-13-5-2-6-14-41)42-25-23-39(24-26-42)57-50-32-36-28-30-61-52(36)34-46(50)53-54(57)45-33-51-35(27-29-60-51)31-49(45)56(53)38-21-19-37(20-22-38)55-47-17-9-7-15-43(47)44-16-8-10-18-48(44)55/h1-34H. The largest absolute Gasteiger partial charge is 0.309 e. The van der Waals surface area contributed by atoms with E-state index < -0.39 is 7.14 Å². The lowest BCUT2D eigenvalue weighted by molar-refractivity contribution is 0.592. The Morgan fingerprint density at radius 2 is 0.738 bits per heavy atom. The van der Waals surface area contributed by atoms with Crippen molar-refractivity contribution in [2.75, 3.05) is 0 Å². The highest BCUT2D eigenvalue weighted by Crippen LogP contribution is 2.46. The Kier molecular flexibility index (Phi) is 7.59. The van der Waals surface area contributed by atoms with Crippen molar-refractivity contribution >= 4 is 121 Å². The molecular formula is C54H34N3OPS2. The summed E-state index contributed by atoms with van der Waals surface area (Å²) in [6.45, 7) is 0. The van der Waals surface area contributed by atoms with Gasteiger partial charge in [-0.1, -0.05) is 97.1 Å². The number of thiophene rings is 2. The molecule has 0 spiro atoms. The van der Waals surface area contributed by atoms with Crippen molar-refractivity contribution in [1.29, 1.82) is 0 Å². The number of aromatic nitrogens is 3. The van der Waals surface area contributed by atoms with Gasteiger partial charge in [0, 0.05) is 63.9 Å². The average molecular weight is 836 g/mol. The van der Waals surface area contributed by atoms with Gasteiger partial charge >= 0.3 is 0 Å². The Labute approximate surface area is 358 Å². The molecule has 61 heavy (non-hydrogen) atoms. The zero-order chi connectivity index (χ0) is 40.2. The number of nitrogens with zero attached hydrogens (tertiary/aromatic N) is 3. The minimum atomic E-state index is -3.15. The van der Waals surface area contributed by atoms with Gasteiger partial charge in [0.05, 0.1) is 33.1 Å². The maximum absolute atomic E-state index is 15.4. The molecule has 0 radical (unpaired) electrons. The summed E-state index contributed by atoms with van der Waals surface area (Å²) in [4.78, 5) is 0. The van der Waals surface area contributed by atoms with Crippen LogP contribution in [0.25, 0.3) is 91.9 Å². The van der Waals surface area contributed by atoms with Gasteiger partial charge in [-0.05, 0) is 119 Å². The SMILES string of the molecule is O=P(c1ccccc1)(c1ccccc1)c1ccc(-n2c3cc4ccsc4cc3c3c2c2cc4sccc4cc2n3-c2ccc(-n3c4ccccc4c4ccccc43)cc2)cc1. The van der Waals surface area contributed by atoms with E-state index in [1.54, 1.807) is 22.7 Å². The molecule has 0 bridgehead atoms. The number of para-hydroxylation sites is 2. The topological polar surface area (TPSA) is 31.9 Å². The first-order chi connectivity index (χ1) is 30.1. The van der Waals surface area contributed by atoms with Gasteiger partial charge in [-0.2, -0.15) is 0 Å². The minimum absolute atomic E-state index is 0.813. The zero-order valence-corrected chi connectivity index (χ0v) is 35.2. The van der Waals surface area contributed by atoms with Crippen molar-refractivity contribution in [3.05, 3.63) is 205 Å². The van der Waals surface area contributed by atoms with Crippen molar-refractivity contribution in [2.45, 2.75) is 0 Å². The second kappa shape index (κ2) is 13.3. The van der Waals surface area contributed by atoms with E-state index in [9.17, 15) is 0 Å². The summed E-state index contributed by atoms with van der Waals surface area (Å²) in [7, 11) is -3.15. The van der Waals surface area contributed by atoms with Crippen LogP contribution in [-0.4, -0.2) is 13.7 Å². The van der Waals surface area contributed by atoms with E-state index in [0.29, 0.717) is 0 Å². The third kappa shape index (κ3) is 5.08. The highest BCUT2D eigenvalue weighted by atomic mass is 32.1. The van der Waals surface area contributed by atoms with Crippen molar-refractivity contribution in [3.63, 3.8) is 0 Å². The Balaban J connectivity index is 1.06. The summed E-state index contributed by atoms with van der Waals surface area (Å²) in [6, 6.07) is 68.7. The number of benzene rings is 8. The summed E-state index contributed by atoms with van der Waals surface area (Å²) in [6.07, 6.45) is 0. The predicted molar refractivity (Wildman–Crippen MR) is 262 cm³/mol. The van der Waals surface area contributed by atoms with Gasteiger partial charge in [0.15, 0.2) is 7.14 Å². The molecule has 0 N–H and O–H groups in total. The Morgan fingerprint density at radius 1 is 0.344 bits per heavy atom. The molecule has 5 aromatic heterocycles. The van der Waals surface area contributed by atoms with E-state index >= 15 is 4.57 Å². The first kappa shape index (κ1) is 34.9. The van der Waals surface area contributed by atoms with Crippen LogP contribution in [0.1, 0.15) is 0 Å². The highest BCUT2D eigenvalue weighted by molar-refractivity contribution is 7.85. The van der Waals surface area contributed by atoms with Gasteiger partial charge in [0.2, 0.25) is 0 Å². The summed E-state index contributed by atoms with van der Waals surface area (Å²) < 4.78 is 25.2. The molecule has 0 amide bonds. The fraction of sp³-hybridized carbons (Fsp3) is 0. The molecule has 0 saturated heterocycles. The van der Waals surface area contributed by atoms with Gasteiger partial charge < -0.3 is 18.3 Å². The second-order valence-corrected chi connectivity index (χ2v) is 20.4. The smallest absolute Gasteiger partial charge is 0.171 e. The quantitative estimate of drug-likeness (QED) is 0.154. The molecule has 0 aliphatic rings. The van der Waals surface area contributed by atoms with E-state index in [-0.39, 0.29) is 0 Å². The third-order valence-electron chi connectivity index (χ3n) is 12.5.